The highest BCUT2D eigenvalue weighted by atomic mass is 15.2. The number of nitrogens with zero attached hydrogens (tertiary/aromatic N) is 2. The van der Waals surface area contributed by atoms with Crippen molar-refractivity contribution in [1.82, 2.24) is 4.57 Å². The van der Waals surface area contributed by atoms with Crippen LogP contribution in [0.4, 0.5) is 11.4 Å². The molecule has 212 valence electrons. The summed E-state index contributed by atoms with van der Waals surface area (Å²) in [6.45, 7) is 0. The van der Waals surface area contributed by atoms with Crippen LogP contribution in [0.1, 0.15) is 24.8 Å². The molecule has 0 spiro atoms. The molecule has 9 rings (SSSR count). The lowest BCUT2D eigenvalue weighted by Gasteiger charge is -2.41. The average Bonchev–Trinajstić information content (AvgIpc) is 3.70. The van der Waals surface area contributed by atoms with Crippen LogP contribution in [0.3, 0.4) is 0 Å². The molecule has 0 bridgehead atoms. The van der Waals surface area contributed by atoms with Crippen LogP contribution in [0.15, 0.2) is 146 Å². The van der Waals surface area contributed by atoms with Gasteiger partial charge in [0.15, 0.2) is 0 Å². The SMILES string of the molecule is c1ccc2c(c1)CC1CCCC1N2c1ccc(-c2ccc(-c3ccc(-n4c5ccccc5c5ccccc54)cc3)cc2)cc1. The Morgan fingerprint density at radius 1 is 0.455 bits per heavy atom. The molecular formula is C42H34N2. The number of para-hydroxylation sites is 3. The highest BCUT2D eigenvalue weighted by molar-refractivity contribution is 6.09. The molecule has 1 aromatic heterocycles. The molecule has 1 aliphatic carbocycles. The van der Waals surface area contributed by atoms with Crippen molar-refractivity contribution in [2.24, 2.45) is 5.92 Å². The van der Waals surface area contributed by atoms with Crippen molar-refractivity contribution in [3.8, 4) is 27.9 Å². The van der Waals surface area contributed by atoms with Gasteiger partial charge in [-0.25, -0.2) is 0 Å². The maximum atomic E-state index is 2.63. The molecule has 44 heavy (non-hydrogen) atoms. The molecule has 1 saturated carbocycles. The van der Waals surface area contributed by atoms with E-state index in [9.17, 15) is 0 Å². The lowest BCUT2D eigenvalue weighted by atomic mass is 9.87. The van der Waals surface area contributed by atoms with E-state index in [0.29, 0.717) is 6.04 Å². The van der Waals surface area contributed by atoms with Gasteiger partial charge in [-0.2, -0.15) is 0 Å². The number of anilines is 2. The minimum Gasteiger partial charge on any atom is -0.338 e. The zero-order chi connectivity index (χ0) is 29.0. The van der Waals surface area contributed by atoms with Crippen LogP contribution in [0, 0.1) is 5.92 Å². The minimum absolute atomic E-state index is 0.622. The first-order chi connectivity index (χ1) is 21.8. The number of hydrogen-bond acceptors (Lipinski definition) is 1. The van der Waals surface area contributed by atoms with E-state index >= 15 is 0 Å². The predicted molar refractivity (Wildman–Crippen MR) is 185 cm³/mol. The van der Waals surface area contributed by atoms with Crippen molar-refractivity contribution in [2.75, 3.05) is 4.90 Å². The summed E-state index contributed by atoms with van der Waals surface area (Å²) in [5, 5.41) is 2.58. The van der Waals surface area contributed by atoms with Crippen molar-refractivity contribution in [3.63, 3.8) is 0 Å². The van der Waals surface area contributed by atoms with Crippen LogP contribution in [0.25, 0.3) is 49.7 Å². The van der Waals surface area contributed by atoms with Gasteiger partial charge in [-0.3, -0.25) is 0 Å². The normalized spacial score (nSPS) is 17.6. The first kappa shape index (κ1) is 25.4. The smallest absolute Gasteiger partial charge is 0.0541 e. The Bertz CT molecular complexity index is 2060. The van der Waals surface area contributed by atoms with Crippen LogP contribution in [0.5, 0.6) is 0 Å². The van der Waals surface area contributed by atoms with E-state index in [-0.39, 0.29) is 0 Å². The Morgan fingerprint density at radius 2 is 0.955 bits per heavy atom. The summed E-state index contributed by atoms with van der Waals surface area (Å²) < 4.78 is 2.37. The molecule has 0 amide bonds. The monoisotopic (exact) mass is 566 g/mol. The van der Waals surface area contributed by atoms with E-state index in [0.717, 1.165) is 5.92 Å². The van der Waals surface area contributed by atoms with Gasteiger partial charge >= 0.3 is 0 Å². The molecule has 2 aliphatic rings. The van der Waals surface area contributed by atoms with E-state index in [2.05, 4.69) is 155 Å². The standard InChI is InChI=1S/C42H34N2/c1-4-12-39-33(8-1)28-34-9-7-15-40(34)43(39)35-24-20-31(21-25-35)29-16-18-30(19-17-29)32-22-26-36(27-23-32)44-41-13-5-2-10-37(41)38-11-3-6-14-42(38)44/h1-6,8,10-14,16-27,34,40H,7,9,15,28H2. The lowest BCUT2D eigenvalue weighted by molar-refractivity contribution is 0.453. The Hall–Kier alpha value is -5.08. The molecule has 7 aromatic rings. The maximum absolute atomic E-state index is 2.63. The van der Waals surface area contributed by atoms with Crippen LogP contribution >= 0.6 is 0 Å². The van der Waals surface area contributed by atoms with Crippen LogP contribution < -0.4 is 4.90 Å². The molecule has 6 aromatic carbocycles. The number of rotatable bonds is 4. The number of aromatic nitrogens is 1. The summed E-state index contributed by atoms with van der Waals surface area (Å²) in [4.78, 5) is 2.63. The third-order valence-electron chi connectivity index (χ3n) is 10.1. The first-order valence-electron chi connectivity index (χ1n) is 16.0. The third-order valence-corrected chi connectivity index (χ3v) is 10.1. The van der Waals surface area contributed by atoms with Crippen molar-refractivity contribution in [3.05, 3.63) is 151 Å². The second-order valence-electron chi connectivity index (χ2n) is 12.5. The third kappa shape index (κ3) is 4.09. The molecule has 1 fully saturated rings. The van der Waals surface area contributed by atoms with Gasteiger partial charge in [-0.05, 0) is 95.5 Å². The zero-order valence-electron chi connectivity index (χ0n) is 24.7. The van der Waals surface area contributed by atoms with Crippen molar-refractivity contribution in [2.45, 2.75) is 31.7 Å². The van der Waals surface area contributed by atoms with Gasteiger partial charge in [0.2, 0.25) is 0 Å². The average molecular weight is 567 g/mol. The minimum atomic E-state index is 0.622. The van der Waals surface area contributed by atoms with E-state index in [1.54, 1.807) is 0 Å². The molecule has 0 N–H and O–H groups in total. The van der Waals surface area contributed by atoms with Gasteiger partial charge < -0.3 is 9.47 Å². The Balaban J connectivity index is 0.986. The van der Waals surface area contributed by atoms with Crippen LogP contribution in [-0.2, 0) is 6.42 Å². The molecule has 0 saturated heterocycles. The molecule has 2 heteroatoms. The fraction of sp³-hybridized carbons (Fsp3) is 0.143. The van der Waals surface area contributed by atoms with E-state index in [1.165, 1.54) is 92.4 Å². The summed E-state index contributed by atoms with van der Waals surface area (Å²) in [6.07, 6.45) is 5.21. The molecule has 2 heterocycles. The van der Waals surface area contributed by atoms with Gasteiger partial charge in [0.25, 0.3) is 0 Å². The summed E-state index contributed by atoms with van der Waals surface area (Å²) in [5.74, 6) is 0.771. The van der Waals surface area contributed by atoms with Gasteiger partial charge in [0.05, 0.1) is 11.0 Å². The van der Waals surface area contributed by atoms with Gasteiger partial charge in [0.1, 0.15) is 0 Å². The topological polar surface area (TPSA) is 8.17 Å². The predicted octanol–water partition coefficient (Wildman–Crippen LogP) is 11.0. The van der Waals surface area contributed by atoms with Crippen LogP contribution in [0.2, 0.25) is 0 Å². The second-order valence-corrected chi connectivity index (χ2v) is 12.5. The number of fused-ring (bicyclic) bond motifs is 5. The van der Waals surface area contributed by atoms with Crippen molar-refractivity contribution >= 4 is 33.2 Å². The number of benzene rings is 6. The molecule has 2 unspecified atom stereocenters. The summed E-state index contributed by atoms with van der Waals surface area (Å²) in [7, 11) is 0. The highest BCUT2D eigenvalue weighted by Crippen LogP contribution is 2.46. The Labute approximate surface area is 258 Å². The van der Waals surface area contributed by atoms with E-state index < -0.39 is 0 Å². The fourth-order valence-electron chi connectivity index (χ4n) is 7.98. The Kier molecular flexibility index (Phi) is 5.94. The first-order valence-corrected chi connectivity index (χ1v) is 16.0. The highest BCUT2D eigenvalue weighted by Gasteiger charge is 2.37. The fourth-order valence-corrected chi connectivity index (χ4v) is 7.98. The van der Waals surface area contributed by atoms with E-state index in [1.807, 2.05) is 0 Å². The molecule has 2 nitrogen and oxygen atoms in total. The van der Waals surface area contributed by atoms with Gasteiger partial charge in [-0.15, -0.1) is 0 Å². The zero-order valence-corrected chi connectivity index (χ0v) is 24.7. The largest absolute Gasteiger partial charge is 0.338 e. The molecule has 0 radical (unpaired) electrons. The number of hydrogen-bond donors (Lipinski definition) is 0. The van der Waals surface area contributed by atoms with E-state index in [4.69, 9.17) is 0 Å². The summed E-state index contributed by atoms with van der Waals surface area (Å²) in [5.41, 5.74) is 12.8. The molecular weight excluding hydrogens is 532 g/mol. The van der Waals surface area contributed by atoms with Gasteiger partial charge in [0, 0.05) is 33.9 Å². The maximum Gasteiger partial charge on any atom is 0.0541 e. The quantitative estimate of drug-likeness (QED) is 0.206. The van der Waals surface area contributed by atoms with Crippen LogP contribution in [-0.4, -0.2) is 10.6 Å². The van der Waals surface area contributed by atoms with Crippen molar-refractivity contribution < 1.29 is 0 Å². The second kappa shape index (κ2) is 10.3. The lowest BCUT2D eigenvalue weighted by Crippen LogP contribution is -2.39. The summed E-state index contributed by atoms with van der Waals surface area (Å²) >= 11 is 0. The molecule has 1 aliphatic heterocycles. The van der Waals surface area contributed by atoms with Crippen molar-refractivity contribution in [1.29, 1.82) is 0 Å². The Morgan fingerprint density at radius 3 is 1.57 bits per heavy atom. The van der Waals surface area contributed by atoms with Gasteiger partial charge in [-0.1, -0.05) is 110 Å². The molecule has 2 atom stereocenters. The summed E-state index contributed by atoms with van der Waals surface area (Å²) in [6, 6.07) is 54.2.